The number of hydrogen-bond donors (Lipinski definition) is 0. The predicted octanol–water partition coefficient (Wildman–Crippen LogP) is 6.19. The minimum atomic E-state index is -2.24. The van der Waals surface area contributed by atoms with Crippen molar-refractivity contribution in [3.8, 4) is 11.5 Å². The lowest BCUT2D eigenvalue weighted by Crippen LogP contribution is -2.10. The van der Waals surface area contributed by atoms with Gasteiger partial charge in [0.05, 0.1) is 11.1 Å². The molecule has 1 aliphatic rings. The zero-order valence-electron chi connectivity index (χ0n) is 16.9. The van der Waals surface area contributed by atoms with Crippen LogP contribution in [0.15, 0.2) is 42.2 Å². The molecule has 32 heavy (non-hydrogen) atoms. The fraction of sp³-hybridized carbons (Fsp3) is 0.125. The number of carbonyl (C=O) groups is 1. The first-order valence-corrected chi connectivity index (χ1v) is 9.46. The Morgan fingerprint density at radius 1 is 0.875 bits per heavy atom. The molecule has 0 N–H and O–H groups in total. The molecule has 164 valence electrons. The number of hydrogen-bond acceptors (Lipinski definition) is 3. The van der Waals surface area contributed by atoms with Gasteiger partial charge in [0.2, 0.25) is 11.6 Å². The molecule has 0 unspecified atom stereocenters. The molecule has 1 heterocycles. The van der Waals surface area contributed by atoms with E-state index >= 15 is 0 Å². The van der Waals surface area contributed by atoms with Gasteiger partial charge in [0.1, 0.15) is 18.1 Å². The van der Waals surface area contributed by atoms with Gasteiger partial charge >= 0.3 is 0 Å². The largest absolute Gasteiger partial charge is 0.489 e. The van der Waals surface area contributed by atoms with Crippen LogP contribution < -0.4 is 9.47 Å². The van der Waals surface area contributed by atoms with E-state index in [4.69, 9.17) is 9.47 Å². The lowest BCUT2D eigenvalue weighted by molar-refractivity contribution is 0.101. The fourth-order valence-electron chi connectivity index (χ4n) is 3.38. The second kappa shape index (κ2) is 8.11. The third kappa shape index (κ3) is 3.62. The van der Waals surface area contributed by atoms with Gasteiger partial charge in [-0.15, -0.1) is 0 Å². The maximum Gasteiger partial charge on any atom is 0.232 e. The van der Waals surface area contributed by atoms with Crippen molar-refractivity contribution in [3.05, 3.63) is 99.1 Å². The number of Topliss-reactive ketones (excluding diaryl/α,β-unsaturated/α-hetero) is 1. The first-order valence-electron chi connectivity index (χ1n) is 9.46. The molecule has 0 radical (unpaired) electrons. The van der Waals surface area contributed by atoms with E-state index in [-0.39, 0.29) is 23.0 Å². The van der Waals surface area contributed by atoms with E-state index in [2.05, 4.69) is 0 Å². The Kier molecular flexibility index (Phi) is 5.46. The molecular weight excluding hydrogens is 431 g/mol. The third-order valence-corrected chi connectivity index (χ3v) is 5.10. The smallest absolute Gasteiger partial charge is 0.232 e. The molecule has 0 saturated heterocycles. The Bertz CT molecular complexity index is 1270. The van der Waals surface area contributed by atoms with Crippen LogP contribution in [-0.4, -0.2) is 5.78 Å². The first-order chi connectivity index (χ1) is 15.2. The van der Waals surface area contributed by atoms with Crippen LogP contribution in [0.5, 0.6) is 11.5 Å². The molecule has 0 fully saturated rings. The number of allylic oxidation sites excluding steroid dienone is 1. The van der Waals surface area contributed by atoms with Gasteiger partial charge in [-0.3, -0.25) is 4.79 Å². The lowest BCUT2D eigenvalue weighted by atomic mass is 10.0. The Morgan fingerprint density at radius 3 is 2.16 bits per heavy atom. The van der Waals surface area contributed by atoms with E-state index in [0.29, 0.717) is 11.1 Å². The van der Waals surface area contributed by atoms with Gasteiger partial charge in [-0.1, -0.05) is 24.3 Å². The maximum absolute atomic E-state index is 13.9. The summed E-state index contributed by atoms with van der Waals surface area (Å²) in [4.78, 5) is 12.8. The standard InChI is InChI=1S/C24H15F5O3/c1-11-5-3-4-6-13(11)8-17-24(30)18-12(2)7-14(9-16(18)32-17)31-10-15-19(25)21(27)23(29)22(28)20(15)26/h3-9H,10H2,1-2H3/b17-8-. The molecule has 0 spiro atoms. The molecule has 0 atom stereocenters. The van der Waals surface area contributed by atoms with Gasteiger partial charge in [-0.05, 0) is 42.7 Å². The van der Waals surface area contributed by atoms with Crippen molar-refractivity contribution < 1.29 is 36.2 Å². The van der Waals surface area contributed by atoms with Crippen molar-refractivity contribution in [1.82, 2.24) is 0 Å². The van der Waals surface area contributed by atoms with E-state index in [1.54, 1.807) is 13.0 Å². The third-order valence-electron chi connectivity index (χ3n) is 5.10. The molecular formula is C24H15F5O3. The first kappa shape index (κ1) is 21.5. The van der Waals surface area contributed by atoms with E-state index in [0.717, 1.165) is 11.1 Å². The molecule has 3 aromatic rings. The number of ether oxygens (including phenoxy) is 2. The van der Waals surface area contributed by atoms with Gasteiger partial charge in [-0.2, -0.15) is 0 Å². The summed E-state index contributed by atoms with van der Waals surface area (Å²) < 4.78 is 78.6. The number of rotatable bonds is 4. The Balaban J connectivity index is 1.62. The van der Waals surface area contributed by atoms with Crippen molar-refractivity contribution in [2.75, 3.05) is 0 Å². The molecule has 0 aromatic heterocycles. The van der Waals surface area contributed by atoms with Crippen molar-refractivity contribution in [1.29, 1.82) is 0 Å². The van der Waals surface area contributed by atoms with Crippen molar-refractivity contribution in [2.45, 2.75) is 20.5 Å². The summed E-state index contributed by atoms with van der Waals surface area (Å²) >= 11 is 0. The van der Waals surface area contributed by atoms with Gasteiger partial charge in [-0.25, -0.2) is 22.0 Å². The van der Waals surface area contributed by atoms with Crippen molar-refractivity contribution >= 4 is 11.9 Å². The van der Waals surface area contributed by atoms with Crippen molar-refractivity contribution in [2.24, 2.45) is 0 Å². The number of ketones is 1. The predicted molar refractivity (Wildman–Crippen MR) is 106 cm³/mol. The Hall–Kier alpha value is -3.68. The molecule has 0 amide bonds. The summed E-state index contributed by atoms with van der Waals surface area (Å²) in [5, 5.41) is 0. The highest BCUT2D eigenvalue weighted by Crippen LogP contribution is 2.38. The molecule has 0 saturated carbocycles. The Morgan fingerprint density at radius 2 is 1.50 bits per heavy atom. The van der Waals surface area contributed by atoms with Crippen LogP contribution in [0.2, 0.25) is 0 Å². The van der Waals surface area contributed by atoms with Gasteiger partial charge in [0, 0.05) is 6.07 Å². The second-order valence-electron chi connectivity index (χ2n) is 7.25. The highest BCUT2D eigenvalue weighted by atomic mass is 19.2. The second-order valence-corrected chi connectivity index (χ2v) is 7.25. The summed E-state index contributed by atoms with van der Waals surface area (Å²) in [5.41, 5.74) is 1.40. The normalized spacial score (nSPS) is 14.0. The monoisotopic (exact) mass is 446 g/mol. The summed E-state index contributed by atoms with van der Waals surface area (Å²) in [6.07, 6.45) is 1.60. The SMILES string of the molecule is Cc1ccccc1/C=C1\Oc2cc(OCc3c(F)c(F)c(F)c(F)c3F)cc(C)c2C1=O. The minimum Gasteiger partial charge on any atom is -0.489 e. The van der Waals surface area contributed by atoms with E-state index in [1.165, 1.54) is 12.1 Å². The number of carbonyl (C=O) groups excluding carboxylic acids is 1. The molecule has 0 bridgehead atoms. The summed E-state index contributed by atoms with van der Waals surface area (Å²) in [6.45, 7) is 2.58. The van der Waals surface area contributed by atoms with Crippen LogP contribution in [-0.2, 0) is 6.61 Å². The average molecular weight is 446 g/mol. The molecule has 1 aliphatic heterocycles. The van der Waals surface area contributed by atoms with Crippen LogP contribution in [0.25, 0.3) is 6.08 Å². The van der Waals surface area contributed by atoms with Gasteiger partial charge in [0.15, 0.2) is 29.0 Å². The molecule has 3 aromatic carbocycles. The zero-order chi connectivity index (χ0) is 23.2. The van der Waals surface area contributed by atoms with E-state index in [1.807, 2.05) is 31.2 Å². The van der Waals surface area contributed by atoms with Crippen LogP contribution >= 0.6 is 0 Å². The number of benzene rings is 3. The summed E-state index contributed by atoms with van der Waals surface area (Å²) in [6, 6.07) is 10.1. The average Bonchev–Trinajstić information content (AvgIpc) is 3.08. The van der Waals surface area contributed by atoms with E-state index < -0.39 is 41.3 Å². The quantitative estimate of drug-likeness (QED) is 0.207. The van der Waals surface area contributed by atoms with Crippen LogP contribution in [0.3, 0.4) is 0 Å². The van der Waals surface area contributed by atoms with Crippen molar-refractivity contribution in [3.63, 3.8) is 0 Å². The minimum absolute atomic E-state index is 0.0372. The zero-order valence-corrected chi connectivity index (χ0v) is 16.9. The van der Waals surface area contributed by atoms with Crippen LogP contribution in [0, 0.1) is 42.9 Å². The molecule has 3 nitrogen and oxygen atoms in total. The summed E-state index contributed by atoms with van der Waals surface area (Å²) in [7, 11) is 0. The van der Waals surface area contributed by atoms with Crippen LogP contribution in [0.4, 0.5) is 22.0 Å². The van der Waals surface area contributed by atoms with Gasteiger partial charge in [0.25, 0.3) is 0 Å². The molecule has 0 aliphatic carbocycles. The highest BCUT2D eigenvalue weighted by Gasteiger charge is 2.31. The summed E-state index contributed by atoms with van der Waals surface area (Å²) in [5.74, 6) is -10.3. The van der Waals surface area contributed by atoms with E-state index in [9.17, 15) is 26.7 Å². The number of fused-ring (bicyclic) bond motifs is 1. The maximum atomic E-state index is 13.9. The lowest BCUT2D eigenvalue weighted by Gasteiger charge is -2.11. The Labute approximate surface area is 179 Å². The number of aryl methyl sites for hydroxylation is 2. The highest BCUT2D eigenvalue weighted by molar-refractivity contribution is 6.15. The fourth-order valence-corrected chi connectivity index (χ4v) is 3.38. The van der Waals surface area contributed by atoms with Crippen LogP contribution in [0.1, 0.15) is 32.6 Å². The molecule has 8 heteroatoms. The topological polar surface area (TPSA) is 35.5 Å². The molecule has 4 rings (SSSR count). The van der Waals surface area contributed by atoms with Gasteiger partial charge < -0.3 is 9.47 Å². The number of halogens is 5.